The summed E-state index contributed by atoms with van der Waals surface area (Å²) in [7, 11) is 0. The highest BCUT2D eigenvalue weighted by Crippen LogP contribution is 2.29. The minimum atomic E-state index is -1.47. The molecule has 5 atom stereocenters. The number of carbonyl (C=O) groups is 4. The van der Waals surface area contributed by atoms with Crippen LogP contribution in [0.2, 0.25) is 0 Å². The minimum Gasteiger partial charge on any atom is -0.456 e. The Morgan fingerprint density at radius 1 is 0.846 bits per heavy atom. The number of hydrogen-bond acceptors (Lipinski definition) is 10. The quantitative estimate of drug-likeness (QED) is 0.210. The average Bonchev–Trinajstić information content (AvgIpc) is 2.49. The number of rotatable bonds is 6. The maximum atomic E-state index is 11.5. The average molecular weight is 373 g/mol. The fourth-order valence-electron chi connectivity index (χ4n) is 2.38. The Kier molecular flexibility index (Phi) is 7.81. The Hall–Kier alpha value is -2.85. The van der Waals surface area contributed by atoms with Gasteiger partial charge in [-0.2, -0.15) is 0 Å². The van der Waals surface area contributed by atoms with Crippen molar-refractivity contribution in [2.45, 2.75) is 58.4 Å². The van der Waals surface area contributed by atoms with Crippen LogP contribution >= 0.6 is 0 Å². The molecule has 0 unspecified atom stereocenters. The van der Waals surface area contributed by atoms with Crippen LogP contribution in [-0.2, 0) is 42.9 Å². The van der Waals surface area contributed by atoms with Crippen molar-refractivity contribution in [1.82, 2.24) is 0 Å². The normalized spacial score (nSPS) is 27.5. The standard InChI is InChI=1S/C14H19N3O9/c1-6(18)22-11-10(5-16-17-15)26-14(25-9(4)21)13(24-8(3)20)12(11)23-7(2)19/h10-14H,5H2,1-4H3/t10-,11-,12+,13+,14+/m1/s1. The van der Waals surface area contributed by atoms with Gasteiger partial charge in [-0.05, 0) is 5.53 Å². The zero-order valence-electron chi connectivity index (χ0n) is 14.6. The molecule has 1 saturated heterocycles. The van der Waals surface area contributed by atoms with Crippen molar-refractivity contribution in [2.75, 3.05) is 6.54 Å². The maximum absolute atomic E-state index is 11.5. The molecular formula is C14H19N3O9. The second-order valence-corrected chi connectivity index (χ2v) is 5.29. The Labute approximate surface area is 148 Å². The van der Waals surface area contributed by atoms with Gasteiger partial charge >= 0.3 is 23.9 Å². The van der Waals surface area contributed by atoms with Crippen LogP contribution in [0.1, 0.15) is 27.7 Å². The zero-order chi connectivity index (χ0) is 19.9. The smallest absolute Gasteiger partial charge is 0.305 e. The van der Waals surface area contributed by atoms with Crippen molar-refractivity contribution in [2.24, 2.45) is 5.11 Å². The largest absolute Gasteiger partial charge is 0.456 e. The molecule has 12 nitrogen and oxygen atoms in total. The van der Waals surface area contributed by atoms with E-state index in [2.05, 4.69) is 10.0 Å². The second kappa shape index (κ2) is 9.59. The van der Waals surface area contributed by atoms with Gasteiger partial charge in [0.05, 0.1) is 6.54 Å². The minimum absolute atomic E-state index is 0.323. The predicted molar refractivity (Wildman–Crippen MR) is 81.1 cm³/mol. The van der Waals surface area contributed by atoms with Crippen LogP contribution in [0.4, 0.5) is 0 Å². The Bertz CT molecular complexity index is 587. The molecular weight excluding hydrogens is 354 g/mol. The van der Waals surface area contributed by atoms with E-state index in [1.807, 2.05) is 0 Å². The van der Waals surface area contributed by atoms with E-state index in [4.69, 9.17) is 29.2 Å². The lowest BCUT2D eigenvalue weighted by atomic mass is 9.97. The Morgan fingerprint density at radius 3 is 1.77 bits per heavy atom. The zero-order valence-corrected chi connectivity index (χ0v) is 14.6. The van der Waals surface area contributed by atoms with E-state index in [0.29, 0.717) is 0 Å². The topological polar surface area (TPSA) is 163 Å². The van der Waals surface area contributed by atoms with Gasteiger partial charge < -0.3 is 23.7 Å². The molecule has 1 heterocycles. The van der Waals surface area contributed by atoms with Crippen LogP contribution in [0.5, 0.6) is 0 Å². The lowest BCUT2D eigenvalue weighted by Crippen LogP contribution is -2.62. The highest BCUT2D eigenvalue weighted by molar-refractivity contribution is 5.69. The van der Waals surface area contributed by atoms with Gasteiger partial charge in [0.2, 0.25) is 12.4 Å². The van der Waals surface area contributed by atoms with Crippen molar-refractivity contribution < 1.29 is 42.9 Å². The molecule has 0 bridgehead atoms. The molecule has 0 radical (unpaired) electrons. The molecule has 0 amide bonds. The van der Waals surface area contributed by atoms with Crippen LogP contribution in [0.25, 0.3) is 10.4 Å². The monoisotopic (exact) mass is 373 g/mol. The van der Waals surface area contributed by atoms with Gasteiger partial charge in [-0.15, -0.1) is 0 Å². The van der Waals surface area contributed by atoms with Gasteiger partial charge in [-0.3, -0.25) is 19.2 Å². The second-order valence-electron chi connectivity index (χ2n) is 5.29. The number of nitrogens with zero attached hydrogens (tertiary/aromatic N) is 3. The lowest BCUT2D eigenvalue weighted by molar-refractivity contribution is -0.293. The SMILES string of the molecule is CC(=O)O[C@H]1O[C@H](CN=[N+]=[N-])[C@@H](OC(C)=O)[C@H](OC(C)=O)[C@@H]1OC(C)=O. The number of ether oxygens (including phenoxy) is 5. The van der Waals surface area contributed by atoms with Crippen molar-refractivity contribution in [3.8, 4) is 0 Å². The molecule has 12 heteroatoms. The summed E-state index contributed by atoms with van der Waals surface area (Å²) in [6.07, 6.45) is -6.59. The molecule has 0 aliphatic carbocycles. The molecule has 1 aliphatic heterocycles. The molecule has 0 aromatic heterocycles. The Balaban J connectivity index is 3.32. The molecule has 0 aromatic carbocycles. The first kappa shape index (κ1) is 21.2. The first-order valence-electron chi connectivity index (χ1n) is 7.51. The third-order valence-corrected chi connectivity index (χ3v) is 3.10. The molecule has 0 N–H and O–H groups in total. The number of azide groups is 1. The molecule has 26 heavy (non-hydrogen) atoms. The molecule has 1 fully saturated rings. The molecule has 0 spiro atoms. The van der Waals surface area contributed by atoms with E-state index in [9.17, 15) is 19.2 Å². The summed E-state index contributed by atoms with van der Waals surface area (Å²) in [5.74, 6) is -3.05. The molecule has 0 aromatic rings. The summed E-state index contributed by atoms with van der Waals surface area (Å²) in [6, 6.07) is 0. The van der Waals surface area contributed by atoms with Gasteiger partial charge in [0.25, 0.3) is 0 Å². The summed E-state index contributed by atoms with van der Waals surface area (Å²) in [4.78, 5) is 48.3. The molecule has 0 saturated carbocycles. The summed E-state index contributed by atoms with van der Waals surface area (Å²) in [6.45, 7) is 4.05. The number of carbonyl (C=O) groups excluding carboxylic acids is 4. The van der Waals surface area contributed by atoms with Crippen LogP contribution < -0.4 is 0 Å². The van der Waals surface area contributed by atoms with Crippen LogP contribution in [0.3, 0.4) is 0 Å². The Morgan fingerprint density at radius 2 is 1.31 bits per heavy atom. The van der Waals surface area contributed by atoms with Gasteiger partial charge in [0.1, 0.15) is 6.10 Å². The fraction of sp³-hybridized carbons (Fsp3) is 0.714. The third-order valence-electron chi connectivity index (χ3n) is 3.10. The van der Waals surface area contributed by atoms with E-state index in [0.717, 1.165) is 27.7 Å². The van der Waals surface area contributed by atoms with Crippen molar-refractivity contribution in [1.29, 1.82) is 0 Å². The first-order chi connectivity index (χ1) is 12.1. The lowest BCUT2D eigenvalue weighted by Gasteiger charge is -2.43. The van der Waals surface area contributed by atoms with E-state index in [-0.39, 0.29) is 6.54 Å². The van der Waals surface area contributed by atoms with E-state index in [1.165, 1.54) is 0 Å². The summed E-state index contributed by atoms with van der Waals surface area (Å²) in [5.41, 5.74) is 8.51. The van der Waals surface area contributed by atoms with Crippen LogP contribution in [0.15, 0.2) is 5.11 Å². The van der Waals surface area contributed by atoms with Gasteiger partial charge in [-0.25, -0.2) is 0 Å². The molecule has 144 valence electrons. The van der Waals surface area contributed by atoms with E-state index < -0.39 is 54.6 Å². The highest BCUT2D eigenvalue weighted by Gasteiger charge is 2.52. The first-order valence-corrected chi connectivity index (χ1v) is 7.51. The van der Waals surface area contributed by atoms with Gasteiger partial charge in [0.15, 0.2) is 12.2 Å². The van der Waals surface area contributed by atoms with Crippen molar-refractivity contribution in [3.05, 3.63) is 10.4 Å². The third kappa shape index (κ3) is 6.22. The van der Waals surface area contributed by atoms with E-state index >= 15 is 0 Å². The molecule has 1 aliphatic rings. The maximum Gasteiger partial charge on any atom is 0.305 e. The fourth-order valence-corrected chi connectivity index (χ4v) is 2.38. The summed E-state index contributed by atoms with van der Waals surface area (Å²) < 4.78 is 25.8. The van der Waals surface area contributed by atoms with Crippen molar-refractivity contribution in [3.63, 3.8) is 0 Å². The molecule has 1 rings (SSSR count). The predicted octanol–water partition coefficient (Wildman–Crippen LogP) is 0.380. The van der Waals surface area contributed by atoms with Gasteiger partial charge in [-0.1, -0.05) is 5.11 Å². The summed E-state index contributed by atoms with van der Waals surface area (Å²) in [5, 5.41) is 3.34. The van der Waals surface area contributed by atoms with Crippen LogP contribution in [-0.4, -0.2) is 61.1 Å². The van der Waals surface area contributed by atoms with E-state index in [1.54, 1.807) is 0 Å². The number of hydrogen-bond donors (Lipinski definition) is 0. The van der Waals surface area contributed by atoms with Crippen molar-refractivity contribution >= 4 is 23.9 Å². The summed E-state index contributed by atoms with van der Waals surface area (Å²) >= 11 is 0. The van der Waals surface area contributed by atoms with Crippen LogP contribution in [0, 0.1) is 0 Å². The van der Waals surface area contributed by atoms with Gasteiger partial charge in [0, 0.05) is 32.6 Å². The number of esters is 4. The highest BCUT2D eigenvalue weighted by atomic mass is 16.7.